The van der Waals surface area contributed by atoms with Gasteiger partial charge in [-0.1, -0.05) is 17.7 Å². The zero-order valence-corrected chi connectivity index (χ0v) is 10.1. The van der Waals surface area contributed by atoms with E-state index in [4.69, 9.17) is 16.7 Å². The quantitative estimate of drug-likeness (QED) is 0.448. The van der Waals surface area contributed by atoms with Gasteiger partial charge in [0.1, 0.15) is 5.69 Å². The molecule has 2 N–H and O–H groups in total. The lowest BCUT2D eigenvalue weighted by Gasteiger charge is -2.08. The van der Waals surface area contributed by atoms with Gasteiger partial charge < -0.3 is 10.4 Å². The van der Waals surface area contributed by atoms with Crippen molar-refractivity contribution in [3.63, 3.8) is 0 Å². The molecule has 0 aliphatic carbocycles. The number of rotatable bonds is 7. The standard InChI is InChI=1S/C11H15ClN2O3/c12-9-5-4-6-10(14(16)17)11(9)13-7-2-1-3-8-15/h4-6,13,15H,1-3,7-8H2. The number of nitro benzene ring substituents is 1. The van der Waals surface area contributed by atoms with Crippen molar-refractivity contribution in [2.45, 2.75) is 19.3 Å². The van der Waals surface area contributed by atoms with Gasteiger partial charge >= 0.3 is 0 Å². The fourth-order valence-corrected chi connectivity index (χ4v) is 1.70. The summed E-state index contributed by atoms with van der Waals surface area (Å²) < 4.78 is 0. The molecule has 0 saturated carbocycles. The van der Waals surface area contributed by atoms with E-state index >= 15 is 0 Å². The molecular weight excluding hydrogens is 244 g/mol. The summed E-state index contributed by atoms with van der Waals surface area (Å²) >= 11 is 5.91. The van der Waals surface area contributed by atoms with E-state index in [1.165, 1.54) is 6.07 Å². The number of benzene rings is 1. The Morgan fingerprint density at radius 2 is 2.12 bits per heavy atom. The summed E-state index contributed by atoms with van der Waals surface area (Å²) in [7, 11) is 0. The maximum Gasteiger partial charge on any atom is 0.293 e. The molecule has 0 heterocycles. The van der Waals surface area contributed by atoms with Gasteiger partial charge in [0.2, 0.25) is 0 Å². The van der Waals surface area contributed by atoms with Crippen LogP contribution in [0.4, 0.5) is 11.4 Å². The number of hydrogen-bond donors (Lipinski definition) is 2. The molecule has 5 nitrogen and oxygen atoms in total. The predicted octanol–water partition coefficient (Wildman–Crippen LogP) is 2.82. The molecule has 1 rings (SSSR count). The van der Waals surface area contributed by atoms with E-state index in [0.717, 1.165) is 19.3 Å². The second-order valence-electron chi connectivity index (χ2n) is 3.60. The smallest absolute Gasteiger partial charge is 0.293 e. The lowest BCUT2D eigenvalue weighted by molar-refractivity contribution is -0.383. The normalized spacial score (nSPS) is 10.2. The first-order chi connectivity index (χ1) is 8.16. The second-order valence-corrected chi connectivity index (χ2v) is 4.01. The first-order valence-electron chi connectivity index (χ1n) is 5.44. The van der Waals surface area contributed by atoms with Crippen molar-refractivity contribution in [1.82, 2.24) is 0 Å². The van der Waals surface area contributed by atoms with E-state index in [1.807, 2.05) is 0 Å². The van der Waals surface area contributed by atoms with Gasteiger partial charge in [-0.2, -0.15) is 0 Å². The summed E-state index contributed by atoms with van der Waals surface area (Å²) in [6, 6.07) is 4.59. The first-order valence-corrected chi connectivity index (χ1v) is 5.82. The van der Waals surface area contributed by atoms with Crippen molar-refractivity contribution in [2.75, 3.05) is 18.5 Å². The Labute approximate surface area is 105 Å². The minimum Gasteiger partial charge on any atom is -0.396 e. The third-order valence-electron chi connectivity index (χ3n) is 2.32. The molecule has 0 unspecified atom stereocenters. The Hall–Kier alpha value is -1.33. The SMILES string of the molecule is O=[N+]([O-])c1cccc(Cl)c1NCCCCCO. The minimum absolute atomic E-state index is 0.0142. The predicted molar refractivity (Wildman–Crippen MR) is 67.5 cm³/mol. The molecule has 0 aromatic heterocycles. The maximum atomic E-state index is 10.8. The average Bonchev–Trinajstić information content (AvgIpc) is 2.30. The molecule has 6 heteroatoms. The van der Waals surface area contributed by atoms with Crippen LogP contribution >= 0.6 is 11.6 Å². The third-order valence-corrected chi connectivity index (χ3v) is 2.64. The van der Waals surface area contributed by atoms with Crippen LogP contribution in [0.2, 0.25) is 5.02 Å². The molecule has 94 valence electrons. The highest BCUT2D eigenvalue weighted by molar-refractivity contribution is 6.33. The number of nitro groups is 1. The van der Waals surface area contributed by atoms with Gasteiger partial charge in [0, 0.05) is 19.2 Å². The van der Waals surface area contributed by atoms with Crippen LogP contribution in [0.1, 0.15) is 19.3 Å². The van der Waals surface area contributed by atoms with Crippen LogP contribution in [-0.2, 0) is 0 Å². The highest BCUT2D eigenvalue weighted by Gasteiger charge is 2.15. The number of para-hydroxylation sites is 1. The molecule has 1 aromatic rings. The number of unbranched alkanes of at least 4 members (excludes halogenated alkanes) is 2. The highest BCUT2D eigenvalue weighted by Crippen LogP contribution is 2.31. The van der Waals surface area contributed by atoms with Crippen LogP contribution in [0.25, 0.3) is 0 Å². The summed E-state index contributed by atoms with van der Waals surface area (Å²) in [6.45, 7) is 0.775. The monoisotopic (exact) mass is 258 g/mol. The molecule has 0 radical (unpaired) electrons. The van der Waals surface area contributed by atoms with E-state index in [-0.39, 0.29) is 12.3 Å². The number of nitrogens with one attached hydrogen (secondary N) is 1. The van der Waals surface area contributed by atoms with Gasteiger partial charge in [0.15, 0.2) is 0 Å². The summed E-state index contributed by atoms with van der Waals surface area (Å²) in [4.78, 5) is 10.3. The van der Waals surface area contributed by atoms with Crippen molar-refractivity contribution in [3.05, 3.63) is 33.3 Å². The fourth-order valence-electron chi connectivity index (χ4n) is 1.47. The number of hydrogen-bond acceptors (Lipinski definition) is 4. The van der Waals surface area contributed by atoms with Crippen molar-refractivity contribution in [3.8, 4) is 0 Å². The molecule has 17 heavy (non-hydrogen) atoms. The van der Waals surface area contributed by atoms with Gasteiger partial charge in [-0.3, -0.25) is 10.1 Å². The van der Waals surface area contributed by atoms with E-state index in [9.17, 15) is 10.1 Å². The van der Waals surface area contributed by atoms with Crippen molar-refractivity contribution >= 4 is 23.0 Å². The molecule has 0 atom stereocenters. The Bertz CT molecular complexity index is 385. The molecule has 0 aliphatic heterocycles. The number of aliphatic hydroxyl groups excluding tert-OH is 1. The molecule has 0 spiro atoms. The minimum atomic E-state index is -0.456. The van der Waals surface area contributed by atoms with Gasteiger partial charge in [0.25, 0.3) is 5.69 Å². The Morgan fingerprint density at radius 3 is 2.76 bits per heavy atom. The topological polar surface area (TPSA) is 75.4 Å². The van der Waals surface area contributed by atoms with E-state index in [0.29, 0.717) is 17.3 Å². The largest absolute Gasteiger partial charge is 0.396 e. The van der Waals surface area contributed by atoms with Gasteiger partial charge in [-0.05, 0) is 25.3 Å². The van der Waals surface area contributed by atoms with E-state index in [2.05, 4.69) is 5.32 Å². The molecular formula is C11H15ClN2O3. The van der Waals surface area contributed by atoms with Crippen LogP contribution < -0.4 is 5.32 Å². The average molecular weight is 259 g/mol. The van der Waals surface area contributed by atoms with E-state index < -0.39 is 4.92 Å². The van der Waals surface area contributed by atoms with Gasteiger partial charge in [-0.25, -0.2) is 0 Å². The Morgan fingerprint density at radius 1 is 1.35 bits per heavy atom. The first kappa shape index (κ1) is 13.7. The third kappa shape index (κ3) is 4.20. The van der Waals surface area contributed by atoms with Crippen LogP contribution in [0, 0.1) is 10.1 Å². The van der Waals surface area contributed by atoms with Crippen LogP contribution in [0.3, 0.4) is 0 Å². The van der Waals surface area contributed by atoms with Crippen molar-refractivity contribution in [1.29, 1.82) is 0 Å². The second kappa shape index (κ2) is 7.09. The molecule has 0 amide bonds. The fraction of sp³-hybridized carbons (Fsp3) is 0.455. The highest BCUT2D eigenvalue weighted by atomic mass is 35.5. The Balaban J connectivity index is 2.60. The molecule has 1 aromatic carbocycles. The van der Waals surface area contributed by atoms with Crippen LogP contribution in [-0.4, -0.2) is 23.2 Å². The van der Waals surface area contributed by atoms with Crippen molar-refractivity contribution in [2.24, 2.45) is 0 Å². The summed E-state index contributed by atoms with van der Waals surface area (Å²) in [6.07, 6.45) is 2.46. The lowest BCUT2D eigenvalue weighted by Crippen LogP contribution is -2.05. The van der Waals surface area contributed by atoms with Gasteiger partial charge in [0.05, 0.1) is 9.95 Å². The molecule has 0 bridgehead atoms. The molecule has 0 fully saturated rings. The number of aliphatic hydroxyl groups is 1. The van der Waals surface area contributed by atoms with Crippen molar-refractivity contribution < 1.29 is 10.0 Å². The maximum absolute atomic E-state index is 10.8. The lowest BCUT2D eigenvalue weighted by atomic mass is 10.2. The number of halogens is 1. The zero-order chi connectivity index (χ0) is 12.7. The van der Waals surface area contributed by atoms with Crippen LogP contribution in [0.5, 0.6) is 0 Å². The summed E-state index contributed by atoms with van der Waals surface area (Å²) in [5, 5.41) is 22.7. The number of nitrogens with zero attached hydrogens (tertiary/aromatic N) is 1. The molecule has 0 saturated heterocycles. The van der Waals surface area contributed by atoms with Crippen LogP contribution in [0.15, 0.2) is 18.2 Å². The summed E-state index contributed by atoms with van der Waals surface area (Å²) in [5.74, 6) is 0. The Kier molecular flexibility index (Phi) is 5.72. The summed E-state index contributed by atoms with van der Waals surface area (Å²) in [5.41, 5.74) is 0.350. The number of anilines is 1. The zero-order valence-electron chi connectivity index (χ0n) is 9.36. The van der Waals surface area contributed by atoms with Gasteiger partial charge in [-0.15, -0.1) is 0 Å². The van der Waals surface area contributed by atoms with E-state index in [1.54, 1.807) is 12.1 Å². The molecule has 0 aliphatic rings.